The Morgan fingerprint density at radius 2 is 1.37 bits per heavy atom. The summed E-state index contributed by atoms with van der Waals surface area (Å²) in [5.41, 5.74) is 7.08. The van der Waals surface area contributed by atoms with E-state index in [2.05, 4.69) is 32.8 Å². The van der Waals surface area contributed by atoms with Crippen LogP contribution in [0.25, 0.3) is 0 Å². The van der Waals surface area contributed by atoms with Crippen molar-refractivity contribution in [2.75, 3.05) is 14.1 Å². The first kappa shape index (κ1) is 15.3. The molecule has 1 atom stereocenters. The number of nitrogens with two attached hydrogens (primary N) is 1. The highest BCUT2D eigenvalue weighted by molar-refractivity contribution is 5.03. The molecule has 2 fully saturated rings. The molecule has 0 heterocycles. The van der Waals surface area contributed by atoms with Crippen LogP contribution >= 0.6 is 0 Å². The predicted octanol–water partition coefficient (Wildman–Crippen LogP) is 3.65. The molecule has 2 aliphatic rings. The van der Waals surface area contributed by atoms with Crippen molar-refractivity contribution in [1.82, 2.24) is 4.90 Å². The van der Waals surface area contributed by atoms with Crippen LogP contribution in [0.3, 0.4) is 0 Å². The molecule has 0 radical (unpaired) electrons. The molecule has 112 valence electrons. The van der Waals surface area contributed by atoms with Crippen LogP contribution < -0.4 is 5.73 Å². The largest absolute Gasteiger partial charge is 0.326 e. The summed E-state index contributed by atoms with van der Waals surface area (Å²) in [6, 6.07) is 0.377. The van der Waals surface area contributed by atoms with Gasteiger partial charge in [-0.25, -0.2) is 0 Å². The summed E-state index contributed by atoms with van der Waals surface area (Å²) in [7, 11) is 4.50. The number of hydrogen-bond donors (Lipinski definition) is 1. The van der Waals surface area contributed by atoms with Gasteiger partial charge in [0.2, 0.25) is 0 Å². The molecule has 2 nitrogen and oxygen atoms in total. The molecule has 2 N–H and O–H groups in total. The Bertz CT molecular complexity index is 271. The Morgan fingerprint density at radius 3 is 1.84 bits per heavy atom. The molecule has 19 heavy (non-hydrogen) atoms. The minimum Gasteiger partial charge on any atom is -0.326 e. The van der Waals surface area contributed by atoms with Crippen LogP contribution in [0.5, 0.6) is 0 Å². The maximum atomic E-state index is 6.81. The van der Waals surface area contributed by atoms with Crippen molar-refractivity contribution in [2.45, 2.75) is 76.8 Å². The summed E-state index contributed by atoms with van der Waals surface area (Å²) in [6.45, 7) is 4.79. The third-order valence-corrected chi connectivity index (χ3v) is 6.22. The van der Waals surface area contributed by atoms with Crippen LogP contribution in [-0.4, -0.2) is 30.6 Å². The SMILES string of the molecule is CC1CCC(C(N)C2(N(C)C)CCC(C)CC2)CC1. The first-order chi connectivity index (χ1) is 8.95. The minimum absolute atomic E-state index is 0.276. The van der Waals surface area contributed by atoms with Gasteiger partial charge in [-0.2, -0.15) is 0 Å². The van der Waals surface area contributed by atoms with E-state index in [1.54, 1.807) is 0 Å². The summed E-state index contributed by atoms with van der Waals surface area (Å²) in [5, 5.41) is 0. The monoisotopic (exact) mass is 266 g/mol. The van der Waals surface area contributed by atoms with E-state index in [1.807, 2.05) is 0 Å². The molecule has 0 aromatic heterocycles. The van der Waals surface area contributed by atoms with Gasteiger partial charge >= 0.3 is 0 Å². The Morgan fingerprint density at radius 1 is 0.895 bits per heavy atom. The Kier molecular flexibility index (Phi) is 4.94. The van der Waals surface area contributed by atoms with Crippen molar-refractivity contribution >= 4 is 0 Å². The fourth-order valence-corrected chi connectivity index (χ4v) is 4.42. The summed E-state index contributed by atoms with van der Waals surface area (Å²) in [5.74, 6) is 2.57. The second-order valence-corrected chi connectivity index (χ2v) is 7.73. The van der Waals surface area contributed by atoms with E-state index in [4.69, 9.17) is 5.73 Å². The van der Waals surface area contributed by atoms with Gasteiger partial charge in [-0.05, 0) is 70.4 Å². The first-order valence-corrected chi connectivity index (χ1v) is 8.38. The molecule has 0 aromatic carbocycles. The van der Waals surface area contributed by atoms with Crippen LogP contribution in [0.2, 0.25) is 0 Å². The average Bonchev–Trinajstić information content (AvgIpc) is 2.39. The molecular weight excluding hydrogens is 232 g/mol. The summed E-state index contributed by atoms with van der Waals surface area (Å²) in [6.07, 6.45) is 10.8. The van der Waals surface area contributed by atoms with Crippen LogP contribution in [0, 0.1) is 17.8 Å². The van der Waals surface area contributed by atoms with E-state index in [1.165, 1.54) is 51.4 Å². The molecule has 0 spiro atoms. The van der Waals surface area contributed by atoms with Gasteiger partial charge in [-0.15, -0.1) is 0 Å². The molecule has 0 bridgehead atoms. The minimum atomic E-state index is 0.276. The zero-order valence-corrected chi connectivity index (χ0v) is 13.5. The second kappa shape index (κ2) is 6.13. The number of nitrogens with zero attached hydrogens (tertiary/aromatic N) is 1. The van der Waals surface area contributed by atoms with Crippen molar-refractivity contribution in [2.24, 2.45) is 23.5 Å². The smallest absolute Gasteiger partial charge is 0.0357 e. The number of hydrogen-bond acceptors (Lipinski definition) is 2. The summed E-state index contributed by atoms with van der Waals surface area (Å²) in [4.78, 5) is 2.46. The first-order valence-electron chi connectivity index (χ1n) is 8.38. The highest BCUT2D eigenvalue weighted by atomic mass is 15.2. The Balaban J connectivity index is 2.06. The van der Waals surface area contributed by atoms with E-state index in [0.29, 0.717) is 6.04 Å². The lowest BCUT2D eigenvalue weighted by Crippen LogP contribution is -2.61. The molecule has 2 heteroatoms. The summed E-state index contributed by atoms with van der Waals surface area (Å²) < 4.78 is 0. The highest BCUT2D eigenvalue weighted by Crippen LogP contribution is 2.42. The fourth-order valence-electron chi connectivity index (χ4n) is 4.42. The maximum Gasteiger partial charge on any atom is 0.0357 e. The fraction of sp³-hybridized carbons (Fsp3) is 1.00. The van der Waals surface area contributed by atoms with Crippen LogP contribution in [0.4, 0.5) is 0 Å². The van der Waals surface area contributed by atoms with Crippen molar-refractivity contribution < 1.29 is 0 Å². The highest BCUT2D eigenvalue weighted by Gasteiger charge is 2.44. The lowest BCUT2D eigenvalue weighted by atomic mass is 9.66. The van der Waals surface area contributed by atoms with Gasteiger partial charge in [0, 0.05) is 11.6 Å². The van der Waals surface area contributed by atoms with Crippen LogP contribution in [0.1, 0.15) is 65.2 Å². The lowest BCUT2D eigenvalue weighted by molar-refractivity contribution is 0.0263. The molecule has 1 unspecified atom stereocenters. The van der Waals surface area contributed by atoms with Gasteiger partial charge in [-0.1, -0.05) is 26.7 Å². The van der Waals surface area contributed by atoms with E-state index in [0.717, 1.165) is 17.8 Å². The zero-order valence-electron chi connectivity index (χ0n) is 13.5. The zero-order chi connectivity index (χ0) is 14.0. The predicted molar refractivity (Wildman–Crippen MR) is 83.1 cm³/mol. The Hall–Kier alpha value is -0.0800. The van der Waals surface area contributed by atoms with Crippen molar-refractivity contribution in [3.05, 3.63) is 0 Å². The molecule has 0 aromatic rings. The number of likely N-dealkylation sites (N-methyl/N-ethyl adjacent to an activating group) is 1. The third kappa shape index (κ3) is 3.16. The molecular formula is C17H34N2. The topological polar surface area (TPSA) is 29.3 Å². The van der Waals surface area contributed by atoms with Crippen molar-refractivity contribution in [1.29, 1.82) is 0 Å². The van der Waals surface area contributed by atoms with E-state index >= 15 is 0 Å². The third-order valence-electron chi connectivity index (χ3n) is 6.22. The normalized spacial score (nSPS) is 42.3. The van der Waals surface area contributed by atoms with Crippen LogP contribution in [-0.2, 0) is 0 Å². The van der Waals surface area contributed by atoms with Crippen molar-refractivity contribution in [3.63, 3.8) is 0 Å². The molecule has 0 saturated heterocycles. The Labute approximate surface area is 120 Å². The molecule has 2 aliphatic carbocycles. The number of rotatable bonds is 3. The molecule has 0 aliphatic heterocycles. The quantitative estimate of drug-likeness (QED) is 0.845. The molecule has 0 amide bonds. The van der Waals surface area contributed by atoms with Crippen LogP contribution in [0.15, 0.2) is 0 Å². The standard InChI is InChI=1S/C17H34N2/c1-13-5-7-15(8-6-13)16(18)17(19(3)4)11-9-14(2)10-12-17/h13-16H,5-12,18H2,1-4H3. The summed E-state index contributed by atoms with van der Waals surface area (Å²) >= 11 is 0. The average molecular weight is 266 g/mol. The molecule has 2 saturated carbocycles. The maximum absolute atomic E-state index is 6.81. The van der Waals surface area contributed by atoms with Gasteiger partial charge < -0.3 is 10.6 Å². The van der Waals surface area contributed by atoms with Gasteiger partial charge in [0.1, 0.15) is 0 Å². The van der Waals surface area contributed by atoms with E-state index in [9.17, 15) is 0 Å². The van der Waals surface area contributed by atoms with Gasteiger partial charge in [0.25, 0.3) is 0 Å². The van der Waals surface area contributed by atoms with Crippen molar-refractivity contribution in [3.8, 4) is 0 Å². The lowest BCUT2D eigenvalue weighted by Gasteiger charge is -2.51. The van der Waals surface area contributed by atoms with Gasteiger partial charge in [0.15, 0.2) is 0 Å². The second-order valence-electron chi connectivity index (χ2n) is 7.73. The van der Waals surface area contributed by atoms with Gasteiger partial charge in [-0.3, -0.25) is 0 Å². The molecule has 2 rings (SSSR count). The van der Waals surface area contributed by atoms with E-state index < -0.39 is 0 Å². The van der Waals surface area contributed by atoms with E-state index in [-0.39, 0.29) is 5.54 Å². The van der Waals surface area contributed by atoms with Gasteiger partial charge in [0.05, 0.1) is 0 Å².